The number of methoxy groups -OCH3 is 2. The van der Waals surface area contributed by atoms with Crippen LogP contribution in [0.3, 0.4) is 0 Å². The van der Waals surface area contributed by atoms with Gasteiger partial charge in [0.15, 0.2) is 17.1 Å². The number of amides is 1. The molecule has 0 bridgehead atoms. The summed E-state index contributed by atoms with van der Waals surface area (Å²) in [6, 6.07) is 15.3. The van der Waals surface area contributed by atoms with Crippen LogP contribution in [0.1, 0.15) is 28.9 Å². The number of carbonyl (C=O) groups excluding carboxylic acids is 1. The van der Waals surface area contributed by atoms with Crippen LogP contribution in [0.15, 0.2) is 48.5 Å². The molecule has 7 nitrogen and oxygen atoms in total. The third-order valence-electron chi connectivity index (χ3n) is 5.84. The number of anilines is 1. The first kappa shape index (κ1) is 22.3. The average molecular weight is 445 g/mol. The first-order chi connectivity index (χ1) is 15.9. The van der Waals surface area contributed by atoms with Crippen molar-refractivity contribution in [1.82, 2.24) is 14.8 Å². The molecule has 33 heavy (non-hydrogen) atoms. The van der Waals surface area contributed by atoms with Gasteiger partial charge in [0.25, 0.3) is 0 Å². The van der Waals surface area contributed by atoms with E-state index >= 15 is 0 Å². The molecule has 2 aromatic heterocycles. The summed E-state index contributed by atoms with van der Waals surface area (Å²) in [6.45, 7) is 6.08. The van der Waals surface area contributed by atoms with Gasteiger partial charge in [0.05, 0.1) is 25.6 Å². The Kier molecular flexibility index (Phi) is 6.31. The molecule has 7 heteroatoms. The zero-order valence-electron chi connectivity index (χ0n) is 19.6. The van der Waals surface area contributed by atoms with E-state index in [2.05, 4.69) is 12.2 Å². The van der Waals surface area contributed by atoms with Crippen molar-refractivity contribution >= 4 is 22.6 Å². The molecule has 1 amide bonds. The molecule has 0 aliphatic rings. The van der Waals surface area contributed by atoms with Gasteiger partial charge in [-0.3, -0.25) is 4.79 Å². The van der Waals surface area contributed by atoms with Crippen LogP contribution in [0.4, 0.5) is 5.69 Å². The number of fused-ring (bicyclic) bond motifs is 1. The number of nitrogens with one attached hydrogen (secondary N) is 1. The Hall–Kier alpha value is -3.87. The standard InChI is InChI=1S/C26H28N4O3/c1-16-21(12-14-24(31)28-19-11-13-22(32-4)23(15-19)33-5)17(2)27-26-25(16)18(3)29-30(26)20-9-7-6-8-10-20/h6-11,13,15H,12,14H2,1-5H3,(H,28,31). The van der Waals surface area contributed by atoms with E-state index in [1.807, 2.05) is 48.9 Å². The number of para-hydroxylation sites is 1. The van der Waals surface area contributed by atoms with E-state index < -0.39 is 0 Å². The predicted molar refractivity (Wildman–Crippen MR) is 130 cm³/mol. The second-order valence-corrected chi connectivity index (χ2v) is 7.95. The quantitative estimate of drug-likeness (QED) is 0.437. The van der Waals surface area contributed by atoms with Gasteiger partial charge >= 0.3 is 0 Å². The Morgan fingerprint density at radius 1 is 0.970 bits per heavy atom. The lowest BCUT2D eigenvalue weighted by atomic mass is 9.99. The molecule has 0 spiro atoms. The number of hydrogen-bond acceptors (Lipinski definition) is 5. The molecule has 2 aromatic carbocycles. The number of rotatable bonds is 7. The number of ether oxygens (including phenoxy) is 2. The van der Waals surface area contributed by atoms with Crippen molar-refractivity contribution < 1.29 is 14.3 Å². The van der Waals surface area contributed by atoms with Gasteiger partial charge in [-0.25, -0.2) is 9.67 Å². The summed E-state index contributed by atoms with van der Waals surface area (Å²) in [5.74, 6) is 1.12. The van der Waals surface area contributed by atoms with Crippen molar-refractivity contribution in [3.05, 3.63) is 71.0 Å². The molecule has 0 radical (unpaired) electrons. The Morgan fingerprint density at radius 3 is 2.39 bits per heavy atom. The van der Waals surface area contributed by atoms with Crippen molar-refractivity contribution in [2.45, 2.75) is 33.6 Å². The number of aryl methyl sites for hydroxylation is 3. The second kappa shape index (κ2) is 9.32. The summed E-state index contributed by atoms with van der Waals surface area (Å²) in [5.41, 5.74) is 6.53. The number of hydrogen-bond donors (Lipinski definition) is 1. The molecule has 0 aliphatic heterocycles. The van der Waals surface area contributed by atoms with Crippen molar-refractivity contribution in [2.24, 2.45) is 0 Å². The van der Waals surface area contributed by atoms with Crippen molar-refractivity contribution in [3.63, 3.8) is 0 Å². The van der Waals surface area contributed by atoms with E-state index in [1.54, 1.807) is 32.4 Å². The first-order valence-corrected chi connectivity index (χ1v) is 10.9. The minimum Gasteiger partial charge on any atom is -0.493 e. The van der Waals surface area contributed by atoms with Crippen LogP contribution in [0.25, 0.3) is 16.7 Å². The fourth-order valence-electron chi connectivity index (χ4n) is 4.20. The summed E-state index contributed by atoms with van der Waals surface area (Å²) in [7, 11) is 3.15. The van der Waals surface area contributed by atoms with Gasteiger partial charge in [-0.15, -0.1) is 0 Å². The normalized spacial score (nSPS) is 10.9. The summed E-state index contributed by atoms with van der Waals surface area (Å²) in [4.78, 5) is 17.5. The van der Waals surface area contributed by atoms with E-state index in [-0.39, 0.29) is 5.91 Å². The summed E-state index contributed by atoms with van der Waals surface area (Å²) < 4.78 is 12.5. The van der Waals surface area contributed by atoms with E-state index in [1.165, 1.54) is 0 Å². The lowest BCUT2D eigenvalue weighted by Gasteiger charge is -2.13. The third kappa shape index (κ3) is 4.39. The van der Waals surface area contributed by atoms with Crippen molar-refractivity contribution in [2.75, 3.05) is 19.5 Å². The number of pyridine rings is 1. The maximum Gasteiger partial charge on any atom is 0.224 e. The van der Waals surface area contributed by atoms with E-state index in [0.717, 1.165) is 39.2 Å². The molecule has 170 valence electrons. The minimum absolute atomic E-state index is 0.0715. The molecule has 4 aromatic rings. The van der Waals surface area contributed by atoms with Gasteiger partial charge in [-0.05, 0) is 62.6 Å². The van der Waals surface area contributed by atoms with Crippen molar-refractivity contribution in [1.29, 1.82) is 0 Å². The second-order valence-electron chi connectivity index (χ2n) is 7.95. The highest BCUT2D eigenvalue weighted by Gasteiger charge is 2.18. The predicted octanol–water partition coefficient (Wildman–Crippen LogP) is 4.93. The summed E-state index contributed by atoms with van der Waals surface area (Å²) in [6.07, 6.45) is 0.935. The Morgan fingerprint density at radius 2 is 1.70 bits per heavy atom. The first-order valence-electron chi connectivity index (χ1n) is 10.9. The lowest BCUT2D eigenvalue weighted by molar-refractivity contribution is -0.116. The highest BCUT2D eigenvalue weighted by molar-refractivity contribution is 5.91. The molecule has 0 unspecified atom stereocenters. The fraction of sp³-hybridized carbons (Fsp3) is 0.269. The smallest absolute Gasteiger partial charge is 0.224 e. The van der Waals surface area contributed by atoms with Crippen LogP contribution in [-0.2, 0) is 11.2 Å². The summed E-state index contributed by atoms with van der Waals surface area (Å²) >= 11 is 0. The number of nitrogens with zero attached hydrogens (tertiary/aromatic N) is 3. The van der Waals surface area contributed by atoms with E-state index in [9.17, 15) is 4.79 Å². The van der Waals surface area contributed by atoms with Crippen LogP contribution >= 0.6 is 0 Å². The van der Waals surface area contributed by atoms with Gasteiger partial charge < -0.3 is 14.8 Å². The maximum atomic E-state index is 12.7. The average Bonchev–Trinajstić information content (AvgIpc) is 3.15. The SMILES string of the molecule is COc1ccc(NC(=O)CCc2c(C)nc3c(c(C)nn3-c3ccccc3)c2C)cc1OC. The zero-order chi connectivity index (χ0) is 23.5. The topological polar surface area (TPSA) is 78.3 Å². The van der Waals surface area contributed by atoms with Crippen LogP contribution in [-0.4, -0.2) is 34.9 Å². The number of aromatic nitrogens is 3. The minimum atomic E-state index is -0.0715. The molecule has 4 rings (SSSR count). The van der Waals surface area contributed by atoms with Gasteiger partial charge in [0, 0.05) is 29.3 Å². The Balaban J connectivity index is 1.56. The lowest BCUT2D eigenvalue weighted by Crippen LogP contribution is -2.13. The molecule has 0 saturated heterocycles. The van der Waals surface area contributed by atoms with E-state index in [0.29, 0.717) is 30.0 Å². The zero-order valence-corrected chi connectivity index (χ0v) is 19.6. The Labute approximate surface area is 193 Å². The highest BCUT2D eigenvalue weighted by atomic mass is 16.5. The van der Waals surface area contributed by atoms with Gasteiger partial charge in [0.1, 0.15) is 0 Å². The molecule has 0 fully saturated rings. The molecule has 1 N–H and O–H groups in total. The van der Waals surface area contributed by atoms with Crippen LogP contribution in [0, 0.1) is 20.8 Å². The van der Waals surface area contributed by atoms with Gasteiger partial charge in [0.2, 0.25) is 5.91 Å². The van der Waals surface area contributed by atoms with Crippen LogP contribution < -0.4 is 14.8 Å². The fourth-order valence-corrected chi connectivity index (χ4v) is 4.20. The van der Waals surface area contributed by atoms with Gasteiger partial charge in [-0.2, -0.15) is 5.10 Å². The number of carbonyl (C=O) groups is 1. The molecular formula is C26H28N4O3. The van der Waals surface area contributed by atoms with Crippen molar-refractivity contribution in [3.8, 4) is 17.2 Å². The van der Waals surface area contributed by atoms with Crippen LogP contribution in [0.5, 0.6) is 11.5 Å². The highest BCUT2D eigenvalue weighted by Crippen LogP contribution is 2.30. The number of benzene rings is 2. The molecule has 0 atom stereocenters. The molecule has 0 saturated carbocycles. The monoisotopic (exact) mass is 444 g/mol. The molecule has 2 heterocycles. The molecule has 0 aliphatic carbocycles. The largest absolute Gasteiger partial charge is 0.493 e. The Bertz CT molecular complexity index is 1310. The third-order valence-corrected chi connectivity index (χ3v) is 5.84. The maximum absolute atomic E-state index is 12.7. The van der Waals surface area contributed by atoms with Gasteiger partial charge in [-0.1, -0.05) is 18.2 Å². The summed E-state index contributed by atoms with van der Waals surface area (Å²) in [5, 5.41) is 8.72. The molecular weight excluding hydrogens is 416 g/mol. The van der Waals surface area contributed by atoms with Crippen LogP contribution in [0.2, 0.25) is 0 Å². The van der Waals surface area contributed by atoms with E-state index in [4.69, 9.17) is 19.6 Å².